The SMILES string of the molecule is O=C(Nc1ccccn1)c1cc(Oc2cccnc2)cn2ncnc12. The molecule has 0 radical (unpaired) electrons. The molecule has 1 N–H and O–H groups in total. The number of nitrogens with one attached hydrogen (secondary N) is 1. The summed E-state index contributed by atoms with van der Waals surface area (Å²) in [5.41, 5.74) is 0.747. The normalized spacial score (nSPS) is 10.6. The number of anilines is 1. The van der Waals surface area contributed by atoms with Gasteiger partial charge >= 0.3 is 0 Å². The van der Waals surface area contributed by atoms with E-state index in [1.54, 1.807) is 61.2 Å². The summed E-state index contributed by atoms with van der Waals surface area (Å²) < 4.78 is 7.24. The number of hydrogen-bond donors (Lipinski definition) is 1. The van der Waals surface area contributed by atoms with Crippen LogP contribution in [0.4, 0.5) is 5.82 Å². The zero-order chi connectivity index (χ0) is 17.1. The van der Waals surface area contributed by atoms with Gasteiger partial charge < -0.3 is 10.1 Å². The minimum atomic E-state index is -0.353. The largest absolute Gasteiger partial charge is 0.454 e. The molecule has 122 valence electrons. The highest BCUT2D eigenvalue weighted by Gasteiger charge is 2.16. The molecular weight excluding hydrogens is 320 g/mol. The van der Waals surface area contributed by atoms with Crippen molar-refractivity contribution >= 4 is 17.4 Å². The summed E-state index contributed by atoms with van der Waals surface area (Å²) in [5.74, 6) is 1.09. The lowest BCUT2D eigenvalue weighted by molar-refractivity contribution is 0.102. The molecule has 0 fully saturated rings. The van der Waals surface area contributed by atoms with Crippen LogP contribution in [0, 0.1) is 0 Å². The van der Waals surface area contributed by atoms with Gasteiger partial charge in [-0.25, -0.2) is 14.5 Å². The fourth-order valence-corrected chi connectivity index (χ4v) is 2.29. The van der Waals surface area contributed by atoms with Crippen LogP contribution in [-0.2, 0) is 0 Å². The summed E-state index contributed by atoms with van der Waals surface area (Å²) in [7, 11) is 0. The van der Waals surface area contributed by atoms with Gasteiger partial charge in [-0.05, 0) is 30.3 Å². The molecule has 0 atom stereocenters. The van der Waals surface area contributed by atoms with Crippen molar-refractivity contribution in [3.8, 4) is 11.5 Å². The van der Waals surface area contributed by atoms with Gasteiger partial charge in [0.05, 0.1) is 18.0 Å². The maximum Gasteiger partial charge on any atom is 0.260 e. The van der Waals surface area contributed by atoms with Crippen molar-refractivity contribution < 1.29 is 9.53 Å². The van der Waals surface area contributed by atoms with E-state index in [1.807, 2.05) is 0 Å². The van der Waals surface area contributed by atoms with Crippen LogP contribution in [0.1, 0.15) is 10.4 Å². The van der Waals surface area contributed by atoms with Crippen molar-refractivity contribution in [2.24, 2.45) is 0 Å². The lowest BCUT2D eigenvalue weighted by atomic mass is 10.2. The Morgan fingerprint density at radius 1 is 1.08 bits per heavy atom. The van der Waals surface area contributed by atoms with Gasteiger partial charge in [-0.2, -0.15) is 5.10 Å². The second kappa shape index (κ2) is 6.36. The van der Waals surface area contributed by atoms with Gasteiger partial charge in [0.1, 0.15) is 23.6 Å². The number of nitrogens with zero attached hydrogens (tertiary/aromatic N) is 5. The van der Waals surface area contributed by atoms with E-state index in [2.05, 4.69) is 25.4 Å². The van der Waals surface area contributed by atoms with Crippen LogP contribution >= 0.6 is 0 Å². The Morgan fingerprint density at radius 3 is 2.84 bits per heavy atom. The summed E-state index contributed by atoms with van der Waals surface area (Å²) in [6.45, 7) is 0. The Hall–Kier alpha value is -3.81. The highest BCUT2D eigenvalue weighted by Crippen LogP contribution is 2.23. The van der Waals surface area contributed by atoms with Gasteiger partial charge in [0.2, 0.25) is 0 Å². The molecule has 0 unspecified atom stereocenters. The zero-order valence-electron chi connectivity index (χ0n) is 12.9. The quantitative estimate of drug-likeness (QED) is 0.617. The van der Waals surface area contributed by atoms with E-state index >= 15 is 0 Å². The molecule has 8 heteroatoms. The van der Waals surface area contributed by atoms with E-state index in [9.17, 15) is 4.79 Å². The van der Waals surface area contributed by atoms with Gasteiger partial charge in [0.25, 0.3) is 5.91 Å². The first kappa shape index (κ1) is 14.8. The van der Waals surface area contributed by atoms with Crippen LogP contribution in [0.3, 0.4) is 0 Å². The molecule has 0 aliphatic rings. The molecule has 4 aromatic heterocycles. The van der Waals surface area contributed by atoms with Crippen molar-refractivity contribution in [1.82, 2.24) is 24.6 Å². The summed E-state index contributed by atoms with van der Waals surface area (Å²) in [5, 5.41) is 6.82. The third-order valence-electron chi connectivity index (χ3n) is 3.37. The topological polar surface area (TPSA) is 94.3 Å². The van der Waals surface area contributed by atoms with E-state index in [0.717, 1.165) is 0 Å². The first-order valence-electron chi connectivity index (χ1n) is 7.43. The number of carbonyl (C=O) groups is 1. The third kappa shape index (κ3) is 3.13. The molecule has 4 aromatic rings. The van der Waals surface area contributed by atoms with Gasteiger partial charge in [-0.1, -0.05) is 6.07 Å². The fraction of sp³-hybridized carbons (Fsp3) is 0. The second-order valence-corrected chi connectivity index (χ2v) is 5.08. The van der Waals surface area contributed by atoms with Crippen molar-refractivity contribution in [3.63, 3.8) is 0 Å². The smallest absolute Gasteiger partial charge is 0.260 e. The second-order valence-electron chi connectivity index (χ2n) is 5.08. The predicted molar refractivity (Wildman–Crippen MR) is 89.5 cm³/mol. The monoisotopic (exact) mass is 332 g/mol. The Kier molecular flexibility index (Phi) is 3.76. The van der Waals surface area contributed by atoms with E-state index in [1.165, 1.54) is 10.8 Å². The minimum Gasteiger partial charge on any atom is -0.454 e. The van der Waals surface area contributed by atoms with Gasteiger partial charge in [-0.3, -0.25) is 9.78 Å². The number of aromatic nitrogens is 5. The van der Waals surface area contributed by atoms with E-state index in [0.29, 0.717) is 28.5 Å². The predicted octanol–water partition coefficient (Wildman–Crippen LogP) is 2.56. The highest BCUT2D eigenvalue weighted by molar-refractivity contribution is 6.08. The van der Waals surface area contributed by atoms with Crippen molar-refractivity contribution in [3.05, 3.63) is 73.1 Å². The molecule has 0 aromatic carbocycles. The standard InChI is InChI=1S/C17H12N6O2/c24-17(22-15-5-1-2-7-19-15)14-8-13(10-23-16(14)20-11-21-23)25-12-4-3-6-18-9-12/h1-11H,(H,19,22,24). The minimum absolute atomic E-state index is 0.324. The van der Waals surface area contributed by atoms with Crippen LogP contribution in [0.15, 0.2) is 67.5 Å². The summed E-state index contributed by atoms with van der Waals surface area (Å²) >= 11 is 0. The molecule has 0 spiro atoms. The van der Waals surface area contributed by atoms with E-state index in [4.69, 9.17) is 4.74 Å². The number of amides is 1. The molecular formula is C17H12N6O2. The summed E-state index contributed by atoms with van der Waals surface area (Å²) in [4.78, 5) is 24.8. The lowest BCUT2D eigenvalue weighted by Gasteiger charge is -2.09. The lowest BCUT2D eigenvalue weighted by Crippen LogP contribution is -2.14. The molecule has 0 saturated carbocycles. The van der Waals surface area contributed by atoms with Gasteiger partial charge in [-0.15, -0.1) is 0 Å². The zero-order valence-corrected chi connectivity index (χ0v) is 12.9. The molecule has 0 aliphatic heterocycles. The molecule has 0 aliphatic carbocycles. The number of hydrogen-bond acceptors (Lipinski definition) is 6. The molecule has 0 bridgehead atoms. The first-order valence-corrected chi connectivity index (χ1v) is 7.43. The van der Waals surface area contributed by atoms with Crippen LogP contribution in [0.2, 0.25) is 0 Å². The molecule has 1 amide bonds. The molecule has 4 rings (SSSR count). The van der Waals surface area contributed by atoms with Gasteiger partial charge in [0.15, 0.2) is 5.65 Å². The highest BCUT2D eigenvalue weighted by atomic mass is 16.5. The summed E-state index contributed by atoms with van der Waals surface area (Å²) in [6.07, 6.45) is 7.86. The Bertz CT molecular complexity index is 1020. The maximum atomic E-state index is 12.6. The van der Waals surface area contributed by atoms with Crippen molar-refractivity contribution in [2.75, 3.05) is 5.32 Å². The van der Waals surface area contributed by atoms with Crippen molar-refractivity contribution in [1.29, 1.82) is 0 Å². The Morgan fingerprint density at radius 2 is 2.04 bits per heavy atom. The molecule has 8 nitrogen and oxygen atoms in total. The number of pyridine rings is 3. The van der Waals surface area contributed by atoms with Crippen LogP contribution in [-0.4, -0.2) is 30.5 Å². The average Bonchev–Trinajstić information content (AvgIpc) is 3.11. The number of rotatable bonds is 4. The summed E-state index contributed by atoms with van der Waals surface area (Å²) in [6, 6.07) is 10.4. The number of ether oxygens (including phenoxy) is 1. The number of carbonyl (C=O) groups excluding carboxylic acids is 1. The average molecular weight is 332 g/mol. The van der Waals surface area contributed by atoms with E-state index in [-0.39, 0.29) is 5.91 Å². The Labute approximate surface area is 142 Å². The van der Waals surface area contributed by atoms with Gasteiger partial charge in [0, 0.05) is 12.4 Å². The number of fused-ring (bicyclic) bond motifs is 1. The molecule has 4 heterocycles. The molecule has 25 heavy (non-hydrogen) atoms. The Balaban J connectivity index is 1.69. The van der Waals surface area contributed by atoms with Crippen molar-refractivity contribution in [2.45, 2.75) is 0 Å². The first-order chi connectivity index (χ1) is 12.3. The van der Waals surface area contributed by atoms with Crippen LogP contribution < -0.4 is 10.1 Å². The fourth-order valence-electron chi connectivity index (χ4n) is 2.29. The van der Waals surface area contributed by atoms with Crippen LogP contribution in [0.5, 0.6) is 11.5 Å². The van der Waals surface area contributed by atoms with Crippen LogP contribution in [0.25, 0.3) is 5.65 Å². The van der Waals surface area contributed by atoms with E-state index < -0.39 is 0 Å². The maximum absolute atomic E-state index is 12.6. The third-order valence-corrected chi connectivity index (χ3v) is 3.37. The molecule has 0 saturated heterocycles.